The van der Waals surface area contributed by atoms with Crippen LogP contribution in [-0.2, 0) is 17.8 Å². The number of hydrogen-bond donors (Lipinski definition) is 2. The molecule has 3 rings (SSSR count). The van der Waals surface area contributed by atoms with Gasteiger partial charge in [-0.1, -0.05) is 0 Å². The number of aromatic carboxylic acids is 1. The Morgan fingerprint density at radius 2 is 2.19 bits per heavy atom. The molecular weight excluding hydrogens is 312 g/mol. The van der Waals surface area contributed by atoms with E-state index >= 15 is 0 Å². The zero-order valence-electron chi connectivity index (χ0n) is 10.6. The molecule has 0 aromatic carbocycles. The Balaban J connectivity index is 1.56. The number of aromatic nitrogens is 3. The Bertz CT molecular complexity index is 776. The van der Waals surface area contributed by atoms with Crippen molar-refractivity contribution in [3.05, 3.63) is 39.5 Å². The van der Waals surface area contributed by atoms with E-state index in [0.717, 1.165) is 4.96 Å². The Morgan fingerprint density at radius 1 is 1.33 bits per heavy atom. The van der Waals surface area contributed by atoms with Gasteiger partial charge in [-0.3, -0.25) is 9.20 Å². The van der Waals surface area contributed by atoms with Crippen molar-refractivity contribution in [2.75, 3.05) is 0 Å². The molecule has 0 spiro atoms. The van der Waals surface area contributed by atoms with Crippen molar-refractivity contribution in [2.24, 2.45) is 0 Å². The van der Waals surface area contributed by atoms with Gasteiger partial charge in [0.2, 0.25) is 5.91 Å². The van der Waals surface area contributed by atoms with Gasteiger partial charge in [0, 0.05) is 23.2 Å². The number of thiazole rings is 2. The van der Waals surface area contributed by atoms with Gasteiger partial charge >= 0.3 is 5.97 Å². The monoisotopic (exact) mass is 322 g/mol. The maximum absolute atomic E-state index is 11.8. The van der Waals surface area contributed by atoms with Gasteiger partial charge in [0.25, 0.3) is 0 Å². The van der Waals surface area contributed by atoms with Crippen LogP contribution in [0, 0.1) is 0 Å². The van der Waals surface area contributed by atoms with E-state index in [1.807, 2.05) is 22.2 Å². The van der Waals surface area contributed by atoms with Crippen LogP contribution in [0.15, 0.2) is 23.2 Å². The summed E-state index contributed by atoms with van der Waals surface area (Å²) in [6, 6.07) is 0. The minimum absolute atomic E-state index is 0.00131. The summed E-state index contributed by atoms with van der Waals surface area (Å²) in [5, 5.41) is 15.4. The van der Waals surface area contributed by atoms with Gasteiger partial charge in [0.15, 0.2) is 10.7 Å². The summed E-state index contributed by atoms with van der Waals surface area (Å²) in [6.45, 7) is 0.221. The number of amides is 1. The van der Waals surface area contributed by atoms with Crippen molar-refractivity contribution in [1.29, 1.82) is 0 Å². The summed E-state index contributed by atoms with van der Waals surface area (Å²) in [6.07, 6.45) is 3.89. The number of nitrogens with zero attached hydrogens (tertiary/aromatic N) is 3. The molecule has 0 aliphatic carbocycles. The maximum atomic E-state index is 11.8. The number of nitrogens with one attached hydrogen (secondary N) is 1. The molecule has 3 heterocycles. The molecule has 0 fully saturated rings. The summed E-state index contributed by atoms with van der Waals surface area (Å²) in [5.41, 5.74) is 0.698. The maximum Gasteiger partial charge on any atom is 0.355 e. The van der Waals surface area contributed by atoms with E-state index in [0.29, 0.717) is 10.7 Å². The number of fused-ring (bicyclic) bond motifs is 1. The number of carbonyl (C=O) groups is 2. The molecule has 0 saturated carbocycles. The first kappa shape index (κ1) is 13.7. The summed E-state index contributed by atoms with van der Waals surface area (Å²) in [7, 11) is 0. The average molecular weight is 322 g/mol. The molecule has 3 aromatic rings. The van der Waals surface area contributed by atoms with Crippen molar-refractivity contribution in [3.63, 3.8) is 0 Å². The number of rotatable bonds is 5. The fourth-order valence-electron chi connectivity index (χ4n) is 1.75. The highest BCUT2D eigenvalue weighted by Crippen LogP contribution is 2.12. The third kappa shape index (κ3) is 3.09. The highest BCUT2D eigenvalue weighted by molar-refractivity contribution is 7.15. The smallest absolute Gasteiger partial charge is 0.355 e. The summed E-state index contributed by atoms with van der Waals surface area (Å²) < 4.78 is 1.87. The Kier molecular flexibility index (Phi) is 3.67. The molecule has 0 unspecified atom stereocenters. The topological polar surface area (TPSA) is 96.6 Å². The van der Waals surface area contributed by atoms with Crippen LogP contribution >= 0.6 is 22.7 Å². The number of carboxylic acid groups (broad SMARTS) is 1. The van der Waals surface area contributed by atoms with Gasteiger partial charge in [-0.2, -0.15) is 0 Å². The predicted octanol–water partition coefficient (Wildman–Crippen LogP) is 1.41. The van der Waals surface area contributed by atoms with Crippen LogP contribution < -0.4 is 5.32 Å². The molecule has 0 aliphatic heterocycles. The first-order valence-electron chi connectivity index (χ1n) is 5.97. The highest BCUT2D eigenvalue weighted by Gasteiger charge is 2.11. The van der Waals surface area contributed by atoms with Crippen LogP contribution in [0.3, 0.4) is 0 Å². The molecule has 0 bridgehead atoms. The normalized spacial score (nSPS) is 10.9. The van der Waals surface area contributed by atoms with Gasteiger partial charge in [0.1, 0.15) is 5.01 Å². The van der Waals surface area contributed by atoms with Crippen LogP contribution in [0.1, 0.15) is 21.2 Å². The lowest BCUT2D eigenvalue weighted by molar-refractivity contribution is -0.120. The van der Waals surface area contributed by atoms with Crippen LogP contribution in [0.2, 0.25) is 0 Å². The van der Waals surface area contributed by atoms with E-state index in [9.17, 15) is 9.59 Å². The van der Waals surface area contributed by atoms with Gasteiger partial charge in [-0.25, -0.2) is 14.8 Å². The lowest BCUT2D eigenvalue weighted by Crippen LogP contribution is -2.24. The summed E-state index contributed by atoms with van der Waals surface area (Å²) in [5.74, 6) is -1.24. The van der Waals surface area contributed by atoms with Gasteiger partial charge in [-0.05, 0) is 0 Å². The van der Waals surface area contributed by atoms with Crippen LogP contribution in [-0.4, -0.2) is 31.4 Å². The molecule has 9 heteroatoms. The Labute approximate surface area is 126 Å². The predicted molar refractivity (Wildman–Crippen MR) is 77.7 cm³/mol. The third-order valence-corrected chi connectivity index (χ3v) is 4.31. The second-order valence-corrected chi connectivity index (χ2v) is 6.03. The minimum atomic E-state index is -1.07. The van der Waals surface area contributed by atoms with Crippen molar-refractivity contribution in [3.8, 4) is 0 Å². The third-order valence-electron chi connectivity index (χ3n) is 2.69. The van der Waals surface area contributed by atoms with Gasteiger partial charge in [0.05, 0.1) is 18.7 Å². The molecule has 3 aromatic heterocycles. The van der Waals surface area contributed by atoms with Crippen molar-refractivity contribution < 1.29 is 14.7 Å². The second kappa shape index (κ2) is 5.62. The molecule has 21 heavy (non-hydrogen) atoms. The first-order chi connectivity index (χ1) is 10.1. The van der Waals surface area contributed by atoms with Gasteiger partial charge < -0.3 is 10.4 Å². The molecule has 1 amide bonds. The summed E-state index contributed by atoms with van der Waals surface area (Å²) in [4.78, 5) is 31.6. The van der Waals surface area contributed by atoms with Gasteiger partial charge in [-0.15, -0.1) is 22.7 Å². The van der Waals surface area contributed by atoms with E-state index in [-0.39, 0.29) is 24.6 Å². The number of imidazole rings is 1. The SMILES string of the molecule is O=C(Cc1cn2ccsc2n1)NCc1nc(C(=O)O)cs1. The van der Waals surface area contributed by atoms with Crippen molar-refractivity contribution >= 4 is 39.5 Å². The minimum Gasteiger partial charge on any atom is -0.476 e. The zero-order valence-corrected chi connectivity index (χ0v) is 12.3. The molecule has 0 radical (unpaired) electrons. The molecule has 0 saturated heterocycles. The quantitative estimate of drug-likeness (QED) is 0.740. The standard InChI is InChI=1S/C12H10N4O3S2/c17-9(3-7-5-16-1-2-20-12(16)14-7)13-4-10-15-8(6-21-10)11(18)19/h1-2,5-6H,3-4H2,(H,13,17)(H,18,19). The Morgan fingerprint density at radius 3 is 2.90 bits per heavy atom. The molecule has 0 atom stereocenters. The van der Waals surface area contributed by atoms with Crippen LogP contribution in [0.5, 0.6) is 0 Å². The van der Waals surface area contributed by atoms with E-state index in [1.165, 1.54) is 28.1 Å². The first-order valence-corrected chi connectivity index (χ1v) is 7.73. The largest absolute Gasteiger partial charge is 0.476 e. The number of hydrogen-bond acceptors (Lipinski definition) is 6. The number of carbonyl (C=O) groups excluding carboxylic acids is 1. The molecule has 0 aliphatic rings. The molecule has 2 N–H and O–H groups in total. The molecule has 7 nitrogen and oxygen atoms in total. The van der Waals surface area contributed by atoms with E-state index in [1.54, 1.807) is 0 Å². The Hall–Kier alpha value is -2.26. The van der Waals surface area contributed by atoms with E-state index < -0.39 is 5.97 Å². The molecular formula is C12H10N4O3S2. The number of carboxylic acids is 1. The zero-order chi connectivity index (χ0) is 14.8. The van der Waals surface area contributed by atoms with E-state index in [2.05, 4.69) is 15.3 Å². The fraction of sp³-hybridized carbons (Fsp3) is 0.167. The lowest BCUT2D eigenvalue weighted by atomic mass is 10.3. The fourth-order valence-corrected chi connectivity index (χ4v) is 3.18. The van der Waals surface area contributed by atoms with Crippen LogP contribution in [0.4, 0.5) is 0 Å². The average Bonchev–Trinajstić information content (AvgIpc) is 3.10. The van der Waals surface area contributed by atoms with Crippen molar-refractivity contribution in [1.82, 2.24) is 19.7 Å². The summed E-state index contributed by atoms with van der Waals surface area (Å²) >= 11 is 2.71. The van der Waals surface area contributed by atoms with Crippen LogP contribution in [0.25, 0.3) is 4.96 Å². The van der Waals surface area contributed by atoms with Crippen molar-refractivity contribution in [2.45, 2.75) is 13.0 Å². The molecule has 108 valence electrons. The lowest BCUT2D eigenvalue weighted by Gasteiger charge is -2.00. The van der Waals surface area contributed by atoms with E-state index in [4.69, 9.17) is 5.11 Å². The second-order valence-electron chi connectivity index (χ2n) is 4.21. The highest BCUT2D eigenvalue weighted by atomic mass is 32.1.